The molecule has 1 saturated heterocycles. The van der Waals surface area contributed by atoms with Gasteiger partial charge in [-0.2, -0.15) is 0 Å². The molecular formula is C11H19NO2. The fraction of sp³-hybridized carbons (Fsp3) is 0.909. The number of aliphatic carboxylic acids is 1. The zero-order valence-corrected chi connectivity index (χ0v) is 8.54. The van der Waals surface area contributed by atoms with Gasteiger partial charge in [-0.15, -0.1) is 0 Å². The summed E-state index contributed by atoms with van der Waals surface area (Å²) in [7, 11) is 0. The average molecular weight is 197 g/mol. The molecule has 0 radical (unpaired) electrons. The fourth-order valence-electron chi connectivity index (χ4n) is 2.89. The normalized spacial score (nSPS) is 34.6. The maximum atomic E-state index is 10.9. The summed E-state index contributed by atoms with van der Waals surface area (Å²) >= 11 is 0. The Kier molecular flexibility index (Phi) is 3.06. The molecule has 1 aliphatic carbocycles. The largest absolute Gasteiger partial charge is 0.480 e. The monoisotopic (exact) mass is 197 g/mol. The lowest BCUT2D eigenvalue weighted by Crippen LogP contribution is -2.49. The van der Waals surface area contributed by atoms with Crippen LogP contribution in [0.4, 0.5) is 0 Å². The summed E-state index contributed by atoms with van der Waals surface area (Å²) in [4.78, 5) is 10.9. The minimum atomic E-state index is -0.673. The Morgan fingerprint density at radius 2 is 1.79 bits per heavy atom. The molecule has 0 aromatic heterocycles. The van der Waals surface area contributed by atoms with Crippen molar-refractivity contribution in [2.75, 3.05) is 0 Å². The van der Waals surface area contributed by atoms with E-state index in [4.69, 9.17) is 5.11 Å². The molecule has 0 amide bonds. The highest BCUT2D eigenvalue weighted by atomic mass is 16.4. The van der Waals surface area contributed by atoms with E-state index in [1.54, 1.807) is 0 Å². The summed E-state index contributed by atoms with van der Waals surface area (Å²) in [5.41, 5.74) is 0. The number of rotatable bonds is 2. The molecule has 3 heteroatoms. The molecule has 2 aliphatic rings. The van der Waals surface area contributed by atoms with Crippen LogP contribution in [0.5, 0.6) is 0 Å². The number of carbonyl (C=O) groups is 1. The van der Waals surface area contributed by atoms with E-state index >= 15 is 0 Å². The molecule has 0 bridgehead atoms. The molecule has 14 heavy (non-hydrogen) atoms. The van der Waals surface area contributed by atoms with Gasteiger partial charge in [0, 0.05) is 6.04 Å². The van der Waals surface area contributed by atoms with Crippen LogP contribution in [0.1, 0.15) is 44.9 Å². The average Bonchev–Trinajstić information content (AvgIpc) is 2.71. The van der Waals surface area contributed by atoms with Crippen molar-refractivity contribution < 1.29 is 9.90 Å². The Balaban J connectivity index is 1.89. The summed E-state index contributed by atoms with van der Waals surface area (Å²) < 4.78 is 0. The predicted molar refractivity (Wildman–Crippen MR) is 54.2 cm³/mol. The van der Waals surface area contributed by atoms with Crippen LogP contribution in [-0.2, 0) is 4.79 Å². The number of piperidine rings is 1. The van der Waals surface area contributed by atoms with E-state index in [0.29, 0.717) is 6.04 Å². The highest BCUT2D eigenvalue weighted by Gasteiger charge is 2.31. The number of nitrogens with one attached hydrogen (secondary N) is 1. The zero-order chi connectivity index (χ0) is 9.97. The molecule has 2 N–H and O–H groups in total. The van der Waals surface area contributed by atoms with Crippen LogP contribution in [-0.4, -0.2) is 23.2 Å². The summed E-state index contributed by atoms with van der Waals surface area (Å²) in [5.74, 6) is 0.0739. The van der Waals surface area contributed by atoms with Gasteiger partial charge in [-0.3, -0.25) is 4.79 Å². The van der Waals surface area contributed by atoms with Gasteiger partial charge in [0.15, 0.2) is 0 Å². The molecule has 1 aliphatic heterocycles. The first-order valence-electron chi connectivity index (χ1n) is 5.76. The van der Waals surface area contributed by atoms with Crippen LogP contribution in [0, 0.1) is 5.92 Å². The second-order valence-corrected chi connectivity index (χ2v) is 4.64. The lowest BCUT2D eigenvalue weighted by atomic mass is 9.88. The number of hydrogen-bond acceptors (Lipinski definition) is 2. The van der Waals surface area contributed by atoms with Gasteiger partial charge in [0.05, 0.1) is 0 Å². The molecule has 0 aromatic carbocycles. The van der Waals surface area contributed by atoms with Gasteiger partial charge in [-0.25, -0.2) is 0 Å². The SMILES string of the molecule is O=C(O)C1CCCC(C2CCCC2)N1. The molecule has 0 aromatic rings. The van der Waals surface area contributed by atoms with Crippen LogP contribution >= 0.6 is 0 Å². The molecule has 3 nitrogen and oxygen atoms in total. The number of carboxylic acids is 1. The van der Waals surface area contributed by atoms with E-state index in [2.05, 4.69) is 5.32 Å². The quantitative estimate of drug-likeness (QED) is 0.709. The maximum Gasteiger partial charge on any atom is 0.320 e. The van der Waals surface area contributed by atoms with E-state index in [1.807, 2.05) is 0 Å². The Morgan fingerprint density at radius 1 is 1.07 bits per heavy atom. The second kappa shape index (κ2) is 4.30. The van der Waals surface area contributed by atoms with Gasteiger partial charge in [0.2, 0.25) is 0 Å². The molecule has 1 saturated carbocycles. The first kappa shape index (κ1) is 9.97. The molecular weight excluding hydrogens is 178 g/mol. The first-order chi connectivity index (χ1) is 6.77. The van der Waals surface area contributed by atoms with Gasteiger partial charge < -0.3 is 10.4 Å². The van der Waals surface area contributed by atoms with Crippen LogP contribution in [0.15, 0.2) is 0 Å². The Hall–Kier alpha value is -0.570. The van der Waals surface area contributed by atoms with E-state index in [0.717, 1.165) is 18.8 Å². The Labute approximate surface area is 84.9 Å². The van der Waals surface area contributed by atoms with Crippen LogP contribution in [0.25, 0.3) is 0 Å². The minimum Gasteiger partial charge on any atom is -0.480 e. The van der Waals surface area contributed by atoms with Gasteiger partial charge in [0.1, 0.15) is 6.04 Å². The van der Waals surface area contributed by atoms with Crippen molar-refractivity contribution in [3.05, 3.63) is 0 Å². The lowest BCUT2D eigenvalue weighted by molar-refractivity contribution is -0.140. The van der Waals surface area contributed by atoms with E-state index in [9.17, 15) is 4.79 Å². The standard InChI is InChI=1S/C11H19NO2/c13-11(14)10-7-3-6-9(12-10)8-4-1-2-5-8/h8-10,12H,1-7H2,(H,13,14). The van der Waals surface area contributed by atoms with Crippen molar-refractivity contribution in [3.8, 4) is 0 Å². The zero-order valence-electron chi connectivity index (χ0n) is 8.54. The summed E-state index contributed by atoms with van der Waals surface area (Å²) in [5, 5.41) is 12.2. The van der Waals surface area contributed by atoms with E-state index in [1.165, 1.54) is 32.1 Å². The second-order valence-electron chi connectivity index (χ2n) is 4.64. The molecule has 2 rings (SSSR count). The fourth-order valence-corrected chi connectivity index (χ4v) is 2.89. The molecule has 1 heterocycles. The lowest BCUT2D eigenvalue weighted by Gasteiger charge is -2.32. The van der Waals surface area contributed by atoms with Crippen LogP contribution in [0.3, 0.4) is 0 Å². The van der Waals surface area contributed by atoms with Crippen molar-refractivity contribution >= 4 is 5.97 Å². The minimum absolute atomic E-state index is 0.283. The third kappa shape index (κ3) is 2.08. The van der Waals surface area contributed by atoms with Gasteiger partial charge in [0.25, 0.3) is 0 Å². The highest BCUT2D eigenvalue weighted by molar-refractivity contribution is 5.73. The third-order valence-corrected chi connectivity index (χ3v) is 3.69. The summed E-state index contributed by atoms with van der Waals surface area (Å²) in [6.45, 7) is 0. The molecule has 2 fully saturated rings. The van der Waals surface area contributed by atoms with E-state index < -0.39 is 5.97 Å². The van der Waals surface area contributed by atoms with Gasteiger partial charge in [-0.1, -0.05) is 12.8 Å². The van der Waals surface area contributed by atoms with Crippen LogP contribution < -0.4 is 5.32 Å². The Morgan fingerprint density at radius 3 is 2.43 bits per heavy atom. The van der Waals surface area contributed by atoms with Gasteiger partial charge >= 0.3 is 5.97 Å². The molecule has 2 unspecified atom stereocenters. The van der Waals surface area contributed by atoms with E-state index in [-0.39, 0.29) is 6.04 Å². The van der Waals surface area contributed by atoms with Crippen LogP contribution in [0.2, 0.25) is 0 Å². The van der Waals surface area contributed by atoms with Gasteiger partial charge in [-0.05, 0) is 38.0 Å². The smallest absolute Gasteiger partial charge is 0.320 e. The number of hydrogen-bond donors (Lipinski definition) is 2. The first-order valence-corrected chi connectivity index (χ1v) is 5.76. The highest BCUT2D eigenvalue weighted by Crippen LogP contribution is 2.31. The predicted octanol–water partition coefficient (Wildman–Crippen LogP) is 1.77. The Bertz CT molecular complexity index is 211. The topological polar surface area (TPSA) is 49.3 Å². The van der Waals surface area contributed by atoms with Crippen molar-refractivity contribution in [2.24, 2.45) is 5.92 Å². The van der Waals surface area contributed by atoms with Crippen molar-refractivity contribution in [1.82, 2.24) is 5.32 Å². The third-order valence-electron chi connectivity index (χ3n) is 3.69. The molecule has 2 atom stereocenters. The molecule has 0 spiro atoms. The maximum absolute atomic E-state index is 10.9. The summed E-state index contributed by atoms with van der Waals surface area (Å²) in [6.07, 6.45) is 8.31. The van der Waals surface area contributed by atoms with Crippen molar-refractivity contribution in [2.45, 2.75) is 57.0 Å². The van der Waals surface area contributed by atoms with Crippen molar-refractivity contribution in [1.29, 1.82) is 0 Å². The molecule has 80 valence electrons. The summed E-state index contributed by atoms with van der Waals surface area (Å²) in [6, 6.07) is 0.196. The number of carboxylic acid groups (broad SMARTS) is 1. The van der Waals surface area contributed by atoms with Crippen molar-refractivity contribution in [3.63, 3.8) is 0 Å².